The van der Waals surface area contributed by atoms with Crippen LogP contribution in [-0.4, -0.2) is 27.0 Å². The first-order valence-corrected chi connectivity index (χ1v) is 13.8. The predicted molar refractivity (Wildman–Crippen MR) is 148 cm³/mol. The smallest absolute Gasteiger partial charge is 0.301 e. The van der Waals surface area contributed by atoms with Crippen molar-refractivity contribution in [2.45, 2.75) is 30.0 Å². The topological polar surface area (TPSA) is 83.4 Å². The van der Waals surface area contributed by atoms with E-state index in [-0.39, 0.29) is 22.3 Å². The first-order chi connectivity index (χ1) is 18.2. The van der Waals surface area contributed by atoms with Gasteiger partial charge in [-0.1, -0.05) is 82.7 Å². The number of Topliss-reactive ketones (excluding diaryl/α,β-unsaturated/α-hetero) is 1. The molecule has 1 fully saturated rings. The zero-order valence-electron chi connectivity index (χ0n) is 20.3. The predicted octanol–water partition coefficient (Wildman–Crippen LogP) is 6.87. The minimum atomic E-state index is -0.967. The van der Waals surface area contributed by atoms with Crippen LogP contribution in [0.5, 0.6) is 0 Å². The Kier molecular flexibility index (Phi) is 7.34. The summed E-state index contributed by atoms with van der Waals surface area (Å²) in [5.41, 5.74) is 3.12. The van der Waals surface area contributed by atoms with Crippen LogP contribution < -0.4 is 4.90 Å². The molecule has 3 aromatic carbocycles. The molecule has 192 valence electrons. The van der Waals surface area contributed by atoms with Gasteiger partial charge in [0.1, 0.15) is 11.6 Å². The summed E-state index contributed by atoms with van der Waals surface area (Å²) in [6.45, 7) is 3.70. The van der Waals surface area contributed by atoms with E-state index in [1.165, 1.54) is 22.7 Å². The Labute approximate surface area is 231 Å². The van der Waals surface area contributed by atoms with Crippen LogP contribution in [0.1, 0.15) is 33.9 Å². The number of anilines is 1. The number of carbonyl (C=O) groups excluding carboxylic acids is 2. The fraction of sp³-hybridized carbons (Fsp3) is 0.143. The van der Waals surface area contributed by atoms with E-state index in [1.807, 2.05) is 26.0 Å². The lowest BCUT2D eigenvalue weighted by Crippen LogP contribution is -2.29. The van der Waals surface area contributed by atoms with E-state index in [4.69, 9.17) is 11.6 Å². The largest absolute Gasteiger partial charge is 0.507 e. The SMILES string of the molecule is Cc1ccc(C)c(C(O)=C2C(=O)C(=O)N(c3nnc(SCc4ccccc4F)s3)C2c2cccc(Cl)c2)c1. The highest BCUT2D eigenvalue weighted by atomic mass is 35.5. The number of amides is 1. The van der Waals surface area contributed by atoms with Crippen molar-refractivity contribution >= 4 is 57.3 Å². The van der Waals surface area contributed by atoms with Gasteiger partial charge in [0, 0.05) is 16.3 Å². The van der Waals surface area contributed by atoms with Crippen LogP contribution in [0.25, 0.3) is 5.76 Å². The lowest BCUT2D eigenvalue weighted by Gasteiger charge is -2.23. The Morgan fingerprint density at radius 1 is 1.08 bits per heavy atom. The van der Waals surface area contributed by atoms with Gasteiger partial charge in [-0.3, -0.25) is 14.5 Å². The third-order valence-corrected chi connectivity index (χ3v) is 8.51. The van der Waals surface area contributed by atoms with Gasteiger partial charge in [-0.15, -0.1) is 10.2 Å². The molecule has 1 N–H and O–H groups in total. The molecule has 1 unspecified atom stereocenters. The fourth-order valence-corrected chi connectivity index (χ4v) is 6.32. The number of aryl methyl sites for hydroxylation is 2. The zero-order chi connectivity index (χ0) is 27.0. The molecule has 0 bridgehead atoms. The molecule has 0 spiro atoms. The molecule has 38 heavy (non-hydrogen) atoms. The van der Waals surface area contributed by atoms with Gasteiger partial charge in [0.2, 0.25) is 5.13 Å². The summed E-state index contributed by atoms with van der Waals surface area (Å²) >= 11 is 8.66. The number of hydrogen-bond donors (Lipinski definition) is 1. The maximum absolute atomic E-state index is 14.0. The Morgan fingerprint density at radius 2 is 1.87 bits per heavy atom. The Morgan fingerprint density at radius 3 is 2.63 bits per heavy atom. The first-order valence-electron chi connectivity index (χ1n) is 11.6. The average molecular weight is 566 g/mol. The van der Waals surface area contributed by atoms with Crippen LogP contribution in [-0.2, 0) is 15.3 Å². The van der Waals surface area contributed by atoms with Crippen molar-refractivity contribution in [1.29, 1.82) is 0 Å². The Hall–Kier alpha value is -3.53. The summed E-state index contributed by atoms with van der Waals surface area (Å²) in [7, 11) is 0. The number of hydrogen-bond acceptors (Lipinski definition) is 7. The van der Waals surface area contributed by atoms with Crippen molar-refractivity contribution in [2.24, 2.45) is 0 Å². The van der Waals surface area contributed by atoms with E-state index in [9.17, 15) is 19.1 Å². The molecule has 0 radical (unpaired) electrons. The van der Waals surface area contributed by atoms with Crippen LogP contribution in [0.2, 0.25) is 5.02 Å². The number of halogens is 2. The third kappa shape index (κ3) is 4.97. The van der Waals surface area contributed by atoms with Gasteiger partial charge < -0.3 is 5.11 Å². The number of benzene rings is 3. The monoisotopic (exact) mass is 565 g/mol. The number of aliphatic hydroxyl groups is 1. The highest BCUT2D eigenvalue weighted by Crippen LogP contribution is 2.44. The number of carbonyl (C=O) groups is 2. The van der Waals surface area contributed by atoms with Crippen LogP contribution >= 0.6 is 34.7 Å². The first kappa shape index (κ1) is 26.1. The normalized spacial score (nSPS) is 16.8. The molecular formula is C28H21ClFN3O3S2. The van der Waals surface area contributed by atoms with Gasteiger partial charge in [-0.25, -0.2) is 4.39 Å². The number of thioether (sulfide) groups is 1. The lowest BCUT2D eigenvalue weighted by molar-refractivity contribution is -0.132. The highest BCUT2D eigenvalue weighted by Gasteiger charge is 2.48. The summed E-state index contributed by atoms with van der Waals surface area (Å²) in [4.78, 5) is 28.0. The second-order valence-corrected chi connectivity index (χ2v) is 11.4. The van der Waals surface area contributed by atoms with Gasteiger partial charge in [0.25, 0.3) is 5.78 Å². The molecule has 1 saturated heterocycles. The van der Waals surface area contributed by atoms with Crippen LogP contribution in [0.3, 0.4) is 0 Å². The Bertz CT molecular complexity index is 1600. The van der Waals surface area contributed by atoms with E-state index in [0.29, 0.717) is 31.8 Å². The van der Waals surface area contributed by atoms with E-state index >= 15 is 0 Å². The quantitative estimate of drug-likeness (QED) is 0.0903. The molecule has 1 aromatic heterocycles. The summed E-state index contributed by atoms with van der Waals surface area (Å²) in [5.74, 6) is -1.92. The molecule has 0 saturated carbocycles. The molecule has 1 aliphatic heterocycles. The molecule has 2 heterocycles. The number of rotatable bonds is 6. The average Bonchev–Trinajstić information content (AvgIpc) is 3.46. The van der Waals surface area contributed by atoms with Crippen molar-refractivity contribution in [2.75, 3.05) is 4.90 Å². The minimum Gasteiger partial charge on any atom is -0.507 e. The van der Waals surface area contributed by atoms with Crippen molar-refractivity contribution in [3.63, 3.8) is 0 Å². The molecule has 6 nitrogen and oxygen atoms in total. The maximum atomic E-state index is 14.0. The van der Waals surface area contributed by atoms with E-state index in [1.54, 1.807) is 48.5 Å². The van der Waals surface area contributed by atoms with Crippen LogP contribution in [0, 0.1) is 19.7 Å². The van der Waals surface area contributed by atoms with Crippen molar-refractivity contribution in [3.8, 4) is 0 Å². The zero-order valence-corrected chi connectivity index (χ0v) is 22.7. The number of aromatic nitrogens is 2. The van der Waals surface area contributed by atoms with Crippen LogP contribution in [0.15, 0.2) is 76.6 Å². The fourth-order valence-electron chi connectivity index (χ4n) is 4.27. The molecule has 4 aromatic rings. The standard InChI is InChI=1S/C28H21ClFN3O3S2/c1-15-10-11-16(2)20(12-15)24(34)22-23(17-7-5-8-19(29)13-17)33(26(36)25(22)35)27-31-32-28(38-27)37-14-18-6-3-4-9-21(18)30/h3-13,23,34H,14H2,1-2H3. The molecule has 10 heteroatoms. The Balaban J connectivity index is 1.58. The maximum Gasteiger partial charge on any atom is 0.301 e. The van der Waals surface area contributed by atoms with Crippen LogP contribution in [0.4, 0.5) is 9.52 Å². The van der Waals surface area contributed by atoms with Crippen molar-refractivity contribution in [1.82, 2.24) is 10.2 Å². The molecule has 5 rings (SSSR count). The minimum absolute atomic E-state index is 0.0540. The number of nitrogens with zero attached hydrogens (tertiary/aromatic N) is 3. The highest BCUT2D eigenvalue weighted by molar-refractivity contribution is 8.00. The summed E-state index contributed by atoms with van der Waals surface area (Å²) in [5, 5.41) is 20.3. The number of aliphatic hydroxyl groups excluding tert-OH is 1. The molecular weight excluding hydrogens is 545 g/mol. The summed E-state index contributed by atoms with van der Waals surface area (Å²) in [6, 6.07) is 17.8. The summed E-state index contributed by atoms with van der Waals surface area (Å²) < 4.78 is 14.5. The van der Waals surface area contributed by atoms with E-state index in [0.717, 1.165) is 22.5 Å². The molecule has 1 aliphatic rings. The third-order valence-electron chi connectivity index (χ3n) is 6.17. The molecule has 1 atom stereocenters. The van der Waals surface area contributed by atoms with Gasteiger partial charge in [0.15, 0.2) is 4.34 Å². The summed E-state index contributed by atoms with van der Waals surface area (Å²) in [6.07, 6.45) is 0. The van der Waals surface area contributed by atoms with E-state index in [2.05, 4.69) is 10.2 Å². The van der Waals surface area contributed by atoms with Gasteiger partial charge in [0.05, 0.1) is 11.6 Å². The van der Waals surface area contributed by atoms with Crippen molar-refractivity contribution in [3.05, 3.63) is 111 Å². The van der Waals surface area contributed by atoms with Gasteiger partial charge in [-0.05, 0) is 54.8 Å². The van der Waals surface area contributed by atoms with Gasteiger partial charge >= 0.3 is 5.91 Å². The van der Waals surface area contributed by atoms with Gasteiger partial charge in [-0.2, -0.15) is 0 Å². The lowest BCUT2D eigenvalue weighted by atomic mass is 9.93. The van der Waals surface area contributed by atoms with Crippen molar-refractivity contribution < 1.29 is 19.1 Å². The van der Waals surface area contributed by atoms with E-state index < -0.39 is 17.7 Å². The second-order valence-electron chi connectivity index (χ2n) is 8.77. The molecule has 0 aliphatic carbocycles. The molecule has 1 amide bonds. The number of ketones is 1. The second kappa shape index (κ2) is 10.7.